The van der Waals surface area contributed by atoms with Crippen molar-refractivity contribution in [3.63, 3.8) is 0 Å². The van der Waals surface area contributed by atoms with E-state index in [0.717, 1.165) is 17.1 Å². The maximum absolute atomic E-state index is 11.6. The first-order valence-electron chi connectivity index (χ1n) is 6.77. The number of carbonyl (C=O) groups is 2. The molecule has 1 aromatic rings. The average molecular weight is 309 g/mol. The molecule has 2 rings (SSSR count). The van der Waals surface area contributed by atoms with Gasteiger partial charge in [0.05, 0.1) is 19.2 Å². The molecule has 1 aromatic carbocycles. The van der Waals surface area contributed by atoms with Gasteiger partial charge in [-0.1, -0.05) is 0 Å². The van der Waals surface area contributed by atoms with Gasteiger partial charge in [0, 0.05) is 18.6 Å². The smallest absolute Gasteiger partial charge is 0.337 e. The van der Waals surface area contributed by atoms with Crippen molar-refractivity contribution in [2.24, 2.45) is 0 Å². The van der Waals surface area contributed by atoms with Gasteiger partial charge < -0.3 is 14.8 Å². The SMILES string of the molecule is COC(=O)c1ccc2c(c1)C[C@@H](CNC(=O)CCSC)O2. The van der Waals surface area contributed by atoms with E-state index in [1.54, 1.807) is 30.0 Å². The van der Waals surface area contributed by atoms with Crippen LogP contribution in [-0.4, -0.2) is 43.6 Å². The number of thioether (sulfide) groups is 1. The first kappa shape index (κ1) is 15.7. The third kappa shape index (κ3) is 4.14. The van der Waals surface area contributed by atoms with Crippen LogP contribution in [0.5, 0.6) is 5.75 Å². The maximum Gasteiger partial charge on any atom is 0.337 e. The van der Waals surface area contributed by atoms with E-state index in [2.05, 4.69) is 5.32 Å². The van der Waals surface area contributed by atoms with Gasteiger partial charge in [0.25, 0.3) is 0 Å². The van der Waals surface area contributed by atoms with Crippen LogP contribution in [0, 0.1) is 0 Å². The molecule has 0 unspecified atom stereocenters. The van der Waals surface area contributed by atoms with Crippen molar-refractivity contribution in [2.75, 3.05) is 25.7 Å². The zero-order valence-electron chi connectivity index (χ0n) is 12.2. The Morgan fingerprint density at radius 1 is 1.48 bits per heavy atom. The van der Waals surface area contributed by atoms with E-state index in [4.69, 9.17) is 9.47 Å². The molecular weight excluding hydrogens is 290 g/mol. The summed E-state index contributed by atoms with van der Waals surface area (Å²) in [7, 11) is 1.36. The largest absolute Gasteiger partial charge is 0.488 e. The number of ether oxygens (including phenoxy) is 2. The summed E-state index contributed by atoms with van der Waals surface area (Å²) in [6.07, 6.45) is 3.10. The molecule has 0 radical (unpaired) electrons. The molecule has 0 aliphatic carbocycles. The number of rotatable bonds is 6. The van der Waals surface area contributed by atoms with E-state index in [1.165, 1.54) is 7.11 Å². The molecule has 1 atom stereocenters. The van der Waals surface area contributed by atoms with Crippen molar-refractivity contribution >= 4 is 23.6 Å². The van der Waals surface area contributed by atoms with Crippen LogP contribution >= 0.6 is 11.8 Å². The lowest BCUT2D eigenvalue weighted by atomic mass is 10.1. The van der Waals surface area contributed by atoms with Crippen LogP contribution in [0.15, 0.2) is 18.2 Å². The van der Waals surface area contributed by atoms with E-state index in [0.29, 0.717) is 24.9 Å². The Balaban J connectivity index is 1.88. The number of methoxy groups -OCH3 is 1. The Bertz CT molecular complexity index is 532. The number of amides is 1. The van der Waals surface area contributed by atoms with Gasteiger partial charge in [-0.05, 0) is 30.0 Å². The number of hydrogen-bond acceptors (Lipinski definition) is 5. The average Bonchev–Trinajstić information content (AvgIpc) is 2.91. The number of fused-ring (bicyclic) bond motifs is 1. The third-order valence-corrected chi connectivity index (χ3v) is 3.90. The van der Waals surface area contributed by atoms with Crippen LogP contribution in [0.2, 0.25) is 0 Å². The fraction of sp³-hybridized carbons (Fsp3) is 0.467. The van der Waals surface area contributed by atoms with Crippen LogP contribution in [0.4, 0.5) is 0 Å². The highest BCUT2D eigenvalue weighted by Crippen LogP contribution is 2.29. The number of benzene rings is 1. The molecule has 0 fully saturated rings. The quantitative estimate of drug-likeness (QED) is 0.809. The highest BCUT2D eigenvalue weighted by Gasteiger charge is 2.24. The summed E-state index contributed by atoms with van der Waals surface area (Å²) < 4.78 is 10.5. The molecule has 1 N–H and O–H groups in total. The molecule has 0 saturated heterocycles. The van der Waals surface area contributed by atoms with E-state index in [9.17, 15) is 9.59 Å². The van der Waals surface area contributed by atoms with Gasteiger partial charge in [-0.3, -0.25) is 4.79 Å². The van der Waals surface area contributed by atoms with Crippen molar-refractivity contribution in [3.05, 3.63) is 29.3 Å². The van der Waals surface area contributed by atoms with Gasteiger partial charge in [-0.2, -0.15) is 11.8 Å². The lowest BCUT2D eigenvalue weighted by Crippen LogP contribution is -2.34. The Morgan fingerprint density at radius 2 is 2.29 bits per heavy atom. The second kappa shape index (κ2) is 7.36. The molecule has 21 heavy (non-hydrogen) atoms. The normalized spacial score (nSPS) is 16.0. The minimum absolute atomic E-state index is 0.0409. The van der Waals surface area contributed by atoms with Crippen molar-refractivity contribution in [1.82, 2.24) is 5.32 Å². The number of hydrogen-bond donors (Lipinski definition) is 1. The monoisotopic (exact) mass is 309 g/mol. The zero-order valence-corrected chi connectivity index (χ0v) is 13.0. The first-order chi connectivity index (χ1) is 10.1. The molecular formula is C15H19NO4S. The maximum atomic E-state index is 11.6. The Hall–Kier alpha value is -1.69. The molecule has 6 heteroatoms. The fourth-order valence-electron chi connectivity index (χ4n) is 2.19. The number of esters is 1. The van der Waals surface area contributed by atoms with Gasteiger partial charge >= 0.3 is 5.97 Å². The Labute approximate surface area is 128 Å². The summed E-state index contributed by atoms with van der Waals surface area (Å²) in [6, 6.07) is 5.25. The Morgan fingerprint density at radius 3 is 3.00 bits per heavy atom. The molecule has 0 saturated carbocycles. The molecule has 1 heterocycles. The van der Waals surface area contributed by atoms with Gasteiger partial charge in [-0.25, -0.2) is 4.79 Å². The summed E-state index contributed by atoms with van der Waals surface area (Å²) in [6.45, 7) is 0.482. The second-order valence-electron chi connectivity index (χ2n) is 4.80. The van der Waals surface area contributed by atoms with E-state index in [1.807, 2.05) is 6.26 Å². The van der Waals surface area contributed by atoms with E-state index >= 15 is 0 Å². The molecule has 1 aliphatic rings. The first-order valence-corrected chi connectivity index (χ1v) is 8.17. The third-order valence-electron chi connectivity index (χ3n) is 3.28. The molecule has 114 valence electrons. The summed E-state index contributed by atoms with van der Waals surface area (Å²) >= 11 is 1.65. The predicted octanol–water partition coefficient (Wildman–Crippen LogP) is 1.65. The Kier molecular flexibility index (Phi) is 5.50. The minimum Gasteiger partial charge on any atom is -0.488 e. The summed E-state index contributed by atoms with van der Waals surface area (Å²) in [4.78, 5) is 23.1. The second-order valence-corrected chi connectivity index (χ2v) is 5.79. The van der Waals surface area contributed by atoms with Gasteiger partial charge in [0.2, 0.25) is 5.91 Å². The summed E-state index contributed by atoms with van der Waals surface area (Å²) in [5, 5.41) is 2.87. The minimum atomic E-state index is -0.355. The molecule has 0 spiro atoms. The number of nitrogens with one attached hydrogen (secondary N) is 1. The lowest BCUT2D eigenvalue weighted by molar-refractivity contribution is -0.121. The van der Waals surface area contributed by atoms with Crippen LogP contribution in [0.1, 0.15) is 22.3 Å². The molecule has 1 aliphatic heterocycles. The molecule has 0 bridgehead atoms. The summed E-state index contributed by atoms with van der Waals surface area (Å²) in [5.41, 5.74) is 1.49. The topological polar surface area (TPSA) is 64.6 Å². The van der Waals surface area contributed by atoms with Crippen LogP contribution < -0.4 is 10.1 Å². The number of carbonyl (C=O) groups excluding carboxylic acids is 2. The van der Waals surface area contributed by atoms with Crippen LogP contribution in [-0.2, 0) is 16.0 Å². The van der Waals surface area contributed by atoms with E-state index in [-0.39, 0.29) is 18.0 Å². The summed E-state index contributed by atoms with van der Waals surface area (Å²) in [5.74, 6) is 1.27. The van der Waals surface area contributed by atoms with Crippen LogP contribution in [0.3, 0.4) is 0 Å². The zero-order chi connectivity index (χ0) is 15.2. The van der Waals surface area contributed by atoms with E-state index < -0.39 is 0 Å². The highest BCUT2D eigenvalue weighted by molar-refractivity contribution is 7.98. The molecule has 1 amide bonds. The van der Waals surface area contributed by atoms with Crippen molar-refractivity contribution in [2.45, 2.75) is 18.9 Å². The van der Waals surface area contributed by atoms with Crippen molar-refractivity contribution < 1.29 is 19.1 Å². The molecule has 0 aromatic heterocycles. The fourth-order valence-corrected chi connectivity index (χ4v) is 2.58. The highest BCUT2D eigenvalue weighted by atomic mass is 32.2. The predicted molar refractivity (Wildman–Crippen MR) is 81.9 cm³/mol. The van der Waals surface area contributed by atoms with Gasteiger partial charge in [0.1, 0.15) is 11.9 Å². The molecule has 5 nitrogen and oxygen atoms in total. The lowest BCUT2D eigenvalue weighted by Gasteiger charge is -2.11. The van der Waals surface area contributed by atoms with Crippen molar-refractivity contribution in [1.29, 1.82) is 0 Å². The van der Waals surface area contributed by atoms with Crippen molar-refractivity contribution in [3.8, 4) is 5.75 Å². The van der Waals surface area contributed by atoms with Crippen LogP contribution in [0.25, 0.3) is 0 Å². The van der Waals surface area contributed by atoms with Gasteiger partial charge in [-0.15, -0.1) is 0 Å². The van der Waals surface area contributed by atoms with Gasteiger partial charge in [0.15, 0.2) is 0 Å². The standard InChI is InChI=1S/C15H19NO4S/c1-19-15(18)10-3-4-13-11(7-10)8-12(20-13)9-16-14(17)5-6-21-2/h3-4,7,12H,5-6,8-9H2,1-2H3,(H,16,17)/t12-/m0/s1.